The summed E-state index contributed by atoms with van der Waals surface area (Å²) >= 11 is 15.7. The zero-order valence-electron chi connectivity index (χ0n) is 7.30. The average Bonchev–Trinajstić information content (AvgIpc) is 2.09. The van der Waals surface area contributed by atoms with E-state index in [1.54, 1.807) is 6.08 Å². The van der Waals surface area contributed by atoms with Crippen molar-refractivity contribution in [3.05, 3.63) is 39.6 Å². The number of hydrogen-bond donors (Lipinski definition) is 1. The van der Waals surface area contributed by atoms with E-state index >= 15 is 0 Å². The molecule has 0 unspecified atom stereocenters. The van der Waals surface area contributed by atoms with Crippen LogP contribution in [-0.2, 0) is 0 Å². The van der Waals surface area contributed by atoms with E-state index in [9.17, 15) is 4.39 Å². The highest BCUT2D eigenvalue weighted by Crippen LogP contribution is 2.27. The fourth-order valence-electron chi connectivity index (χ4n) is 0.988. The van der Waals surface area contributed by atoms with Crippen molar-refractivity contribution < 1.29 is 4.39 Å². The minimum atomic E-state index is -0.425. The molecule has 0 bridgehead atoms. The topological polar surface area (TPSA) is 0 Å². The lowest BCUT2D eigenvalue weighted by molar-refractivity contribution is 0.628. The maximum atomic E-state index is 12.8. The standard InChI is InChI=1S/C10H9Cl2FS/c11-9-5-7(13)6-10(12)8(9)3-1-2-4-14/h1,3,5-6,14H,2,4H2. The molecule has 0 nitrogen and oxygen atoms in total. The molecule has 0 N–H and O–H groups in total. The Hall–Kier alpha value is -0.180. The third-order valence-corrected chi connectivity index (χ3v) is 2.51. The van der Waals surface area contributed by atoms with Crippen LogP contribution in [0, 0.1) is 5.82 Å². The summed E-state index contributed by atoms with van der Waals surface area (Å²) in [5.74, 6) is 0.332. The summed E-state index contributed by atoms with van der Waals surface area (Å²) in [4.78, 5) is 0. The van der Waals surface area contributed by atoms with Gasteiger partial charge in [0.25, 0.3) is 0 Å². The molecule has 0 spiro atoms. The van der Waals surface area contributed by atoms with Crippen LogP contribution in [-0.4, -0.2) is 5.75 Å². The second kappa shape index (κ2) is 5.64. The molecule has 0 aliphatic rings. The molecule has 14 heavy (non-hydrogen) atoms. The Kier molecular flexibility index (Phi) is 4.79. The third kappa shape index (κ3) is 3.19. The zero-order valence-corrected chi connectivity index (χ0v) is 9.71. The van der Waals surface area contributed by atoms with Crippen LogP contribution >= 0.6 is 35.8 Å². The van der Waals surface area contributed by atoms with Crippen LogP contribution in [0.5, 0.6) is 0 Å². The smallest absolute Gasteiger partial charge is 0.126 e. The summed E-state index contributed by atoms with van der Waals surface area (Å²) in [6.07, 6.45) is 4.51. The average molecular weight is 251 g/mol. The molecule has 0 saturated carbocycles. The van der Waals surface area contributed by atoms with Gasteiger partial charge in [0, 0.05) is 5.56 Å². The SMILES string of the molecule is Fc1cc(Cl)c(C=CCCS)c(Cl)c1. The van der Waals surface area contributed by atoms with Gasteiger partial charge in [-0.25, -0.2) is 4.39 Å². The molecule has 1 aromatic carbocycles. The highest BCUT2D eigenvalue weighted by molar-refractivity contribution is 7.80. The van der Waals surface area contributed by atoms with E-state index in [-0.39, 0.29) is 0 Å². The molecular weight excluding hydrogens is 242 g/mol. The van der Waals surface area contributed by atoms with Crippen molar-refractivity contribution >= 4 is 41.9 Å². The predicted molar refractivity (Wildman–Crippen MR) is 63.9 cm³/mol. The monoisotopic (exact) mass is 250 g/mol. The molecule has 0 saturated heterocycles. The van der Waals surface area contributed by atoms with Crippen molar-refractivity contribution in [3.8, 4) is 0 Å². The summed E-state index contributed by atoms with van der Waals surface area (Å²) < 4.78 is 12.8. The van der Waals surface area contributed by atoms with Crippen LogP contribution in [0.3, 0.4) is 0 Å². The number of allylic oxidation sites excluding steroid dienone is 1. The van der Waals surface area contributed by atoms with Gasteiger partial charge in [0.15, 0.2) is 0 Å². The lowest BCUT2D eigenvalue weighted by Crippen LogP contribution is -1.82. The molecular formula is C10H9Cl2FS. The van der Waals surface area contributed by atoms with Gasteiger partial charge in [0.1, 0.15) is 5.82 Å². The molecule has 0 atom stereocenters. The fraction of sp³-hybridized carbons (Fsp3) is 0.200. The lowest BCUT2D eigenvalue weighted by Gasteiger charge is -2.01. The van der Waals surface area contributed by atoms with Crippen LogP contribution in [0.15, 0.2) is 18.2 Å². The summed E-state index contributed by atoms with van der Waals surface area (Å²) in [6, 6.07) is 2.49. The van der Waals surface area contributed by atoms with Gasteiger partial charge in [-0.15, -0.1) is 0 Å². The Balaban J connectivity index is 2.96. The Morgan fingerprint density at radius 3 is 2.36 bits per heavy atom. The maximum Gasteiger partial charge on any atom is 0.126 e. The third-order valence-electron chi connectivity index (χ3n) is 1.62. The minimum Gasteiger partial charge on any atom is -0.207 e. The normalized spacial score (nSPS) is 11.1. The van der Waals surface area contributed by atoms with Crippen molar-refractivity contribution in [3.63, 3.8) is 0 Å². The van der Waals surface area contributed by atoms with Crippen LogP contribution in [0.4, 0.5) is 4.39 Å². The van der Waals surface area contributed by atoms with E-state index in [1.165, 1.54) is 12.1 Å². The molecule has 0 aliphatic carbocycles. The Bertz CT molecular complexity index is 327. The lowest BCUT2D eigenvalue weighted by atomic mass is 10.2. The highest BCUT2D eigenvalue weighted by atomic mass is 35.5. The van der Waals surface area contributed by atoms with Crippen LogP contribution < -0.4 is 0 Å². The molecule has 0 aliphatic heterocycles. The number of halogens is 3. The first kappa shape index (κ1) is 11.9. The van der Waals surface area contributed by atoms with Crippen LogP contribution in [0.2, 0.25) is 10.0 Å². The van der Waals surface area contributed by atoms with Crippen molar-refractivity contribution in [2.75, 3.05) is 5.75 Å². The summed E-state index contributed by atoms with van der Waals surface area (Å²) in [7, 11) is 0. The molecule has 0 radical (unpaired) electrons. The Morgan fingerprint density at radius 2 is 1.86 bits per heavy atom. The predicted octanol–water partition coefficient (Wildman–Crippen LogP) is 4.47. The quantitative estimate of drug-likeness (QED) is 0.753. The van der Waals surface area contributed by atoms with E-state index in [4.69, 9.17) is 23.2 Å². The largest absolute Gasteiger partial charge is 0.207 e. The fourth-order valence-corrected chi connectivity index (χ4v) is 1.72. The van der Waals surface area contributed by atoms with Gasteiger partial charge in [-0.1, -0.05) is 35.4 Å². The number of thiol groups is 1. The van der Waals surface area contributed by atoms with Crippen LogP contribution in [0.1, 0.15) is 12.0 Å². The molecule has 1 aromatic rings. The highest BCUT2D eigenvalue weighted by Gasteiger charge is 2.04. The van der Waals surface area contributed by atoms with Gasteiger partial charge in [0.05, 0.1) is 10.0 Å². The van der Waals surface area contributed by atoms with E-state index in [0.29, 0.717) is 15.6 Å². The summed E-state index contributed by atoms with van der Waals surface area (Å²) in [5, 5.41) is 0.649. The molecule has 0 amide bonds. The number of rotatable bonds is 3. The molecule has 4 heteroatoms. The molecule has 0 aromatic heterocycles. The first-order valence-corrected chi connectivity index (χ1v) is 5.46. The molecule has 1 rings (SSSR count). The molecule has 76 valence electrons. The van der Waals surface area contributed by atoms with Crippen molar-refractivity contribution in [1.29, 1.82) is 0 Å². The Labute approximate surface area is 98.1 Å². The van der Waals surface area contributed by atoms with Gasteiger partial charge >= 0.3 is 0 Å². The van der Waals surface area contributed by atoms with Gasteiger partial charge < -0.3 is 0 Å². The van der Waals surface area contributed by atoms with E-state index in [2.05, 4.69) is 12.6 Å². The zero-order chi connectivity index (χ0) is 10.6. The number of hydrogen-bond acceptors (Lipinski definition) is 1. The van der Waals surface area contributed by atoms with Gasteiger partial charge in [-0.3, -0.25) is 0 Å². The van der Waals surface area contributed by atoms with Crippen LogP contribution in [0.25, 0.3) is 6.08 Å². The van der Waals surface area contributed by atoms with Gasteiger partial charge in [-0.05, 0) is 24.3 Å². The second-order valence-electron chi connectivity index (χ2n) is 2.70. The van der Waals surface area contributed by atoms with E-state index < -0.39 is 5.82 Å². The first-order valence-electron chi connectivity index (χ1n) is 4.07. The van der Waals surface area contributed by atoms with Crippen molar-refractivity contribution in [2.45, 2.75) is 6.42 Å². The van der Waals surface area contributed by atoms with Gasteiger partial charge in [0.2, 0.25) is 0 Å². The summed E-state index contributed by atoms with van der Waals surface area (Å²) in [5.41, 5.74) is 0.650. The van der Waals surface area contributed by atoms with E-state index in [1.807, 2.05) is 6.08 Å². The molecule has 0 fully saturated rings. The Morgan fingerprint density at radius 1 is 1.29 bits per heavy atom. The first-order chi connectivity index (χ1) is 6.65. The minimum absolute atomic E-state index is 0.324. The van der Waals surface area contributed by atoms with Crippen molar-refractivity contribution in [2.24, 2.45) is 0 Å². The maximum absolute atomic E-state index is 12.8. The molecule has 0 heterocycles. The summed E-state index contributed by atoms with van der Waals surface area (Å²) in [6.45, 7) is 0. The van der Waals surface area contributed by atoms with Gasteiger partial charge in [-0.2, -0.15) is 12.6 Å². The second-order valence-corrected chi connectivity index (χ2v) is 3.96. The van der Waals surface area contributed by atoms with E-state index in [0.717, 1.165) is 12.2 Å². The van der Waals surface area contributed by atoms with Crippen molar-refractivity contribution in [1.82, 2.24) is 0 Å². The number of benzene rings is 1.